The van der Waals surface area contributed by atoms with Crippen LogP contribution in [0, 0.1) is 12.8 Å². The van der Waals surface area contributed by atoms with Gasteiger partial charge < -0.3 is 14.2 Å². The minimum atomic E-state index is 0.663. The molecule has 0 unspecified atom stereocenters. The first kappa shape index (κ1) is 15.9. The van der Waals surface area contributed by atoms with Gasteiger partial charge in [-0.25, -0.2) is 0 Å². The quantitative estimate of drug-likeness (QED) is 0.807. The minimum absolute atomic E-state index is 0.663. The van der Waals surface area contributed by atoms with Crippen molar-refractivity contribution < 1.29 is 8.83 Å². The summed E-state index contributed by atoms with van der Waals surface area (Å²) < 4.78 is 11.2. The molecule has 0 saturated carbocycles. The van der Waals surface area contributed by atoms with E-state index in [9.17, 15) is 0 Å². The van der Waals surface area contributed by atoms with Crippen LogP contribution in [0.3, 0.4) is 0 Å². The average molecular weight is 290 g/mol. The lowest BCUT2D eigenvalue weighted by Gasteiger charge is -2.12. The van der Waals surface area contributed by atoms with Crippen molar-refractivity contribution >= 4 is 0 Å². The Bertz CT molecular complexity index is 529. The first-order valence-corrected chi connectivity index (χ1v) is 7.54. The lowest BCUT2D eigenvalue weighted by atomic mass is 10.2. The van der Waals surface area contributed by atoms with Crippen LogP contribution in [0.15, 0.2) is 33.3 Å². The van der Waals surface area contributed by atoms with Crippen LogP contribution in [0.1, 0.15) is 36.7 Å². The second-order valence-corrected chi connectivity index (χ2v) is 6.07. The third-order valence-electron chi connectivity index (χ3n) is 3.37. The van der Waals surface area contributed by atoms with E-state index < -0.39 is 0 Å². The molecular formula is C17H26N2O2. The number of nitrogens with zero attached hydrogens (tertiary/aromatic N) is 1. The number of hydrogen-bond acceptors (Lipinski definition) is 4. The molecule has 0 spiro atoms. The molecule has 0 fully saturated rings. The summed E-state index contributed by atoms with van der Waals surface area (Å²) in [6.07, 6.45) is 1.71. The molecule has 0 aliphatic carbocycles. The van der Waals surface area contributed by atoms with Gasteiger partial charge in [-0.15, -0.1) is 0 Å². The highest BCUT2D eigenvalue weighted by Crippen LogP contribution is 2.17. The van der Waals surface area contributed by atoms with E-state index in [2.05, 4.69) is 37.2 Å². The first-order valence-electron chi connectivity index (χ1n) is 7.54. The third kappa shape index (κ3) is 5.06. The monoisotopic (exact) mass is 290 g/mol. The molecule has 0 atom stereocenters. The maximum Gasteiger partial charge on any atom is 0.118 e. The van der Waals surface area contributed by atoms with Crippen LogP contribution in [0.5, 0.6) is 0 Å². The van der Waals surface area contributed by atoms with Gasteiger partial charge in [0.2, 0.25) is 0 Å². The smallest absolute Gasteiger partial charge is 0.118 e. The van der Waals surface area contributed by atoms with Gasteiger partial charge in [-0.3, -0.25) is 4.90 Å². The second kappa shape index (κ2) is 7.48. The summed E-state index contributed by atoms with van der Waals surface area (Å²) in [5, 5.41) is 3.46. The Morgan fingerprint density at radius 1 is 1.24 bits per heavy atom. The fourth-order valence-corrected chi connectivity index (χ4v) is 2.33. The first-order chi connectivity index (χ1) is 10.0. The molecule has 0 aliphatic rings. The molecule has 2 heterocycles. The number of hydrogen-bond donors (Lipinski definition) is 1. The Hall–Kier alpha value is -1.52. The molecule has 116 valence electrons. The van der Waals surface area contributed by atoms with Crippen LogP contribution in [0.4, 0.5) is 0 Å². The zero-order valence-electron chi connectivity index (χ0n) is 13.5. The summed E-state index contributed by atoms with van der Waals surface area (Å²) in [5.74, 6) is 3.64. The lowest BCUT2D eigenvalue weighted by Crippen LogP contribution is -2.19. The molecule has 0 aliphatic heterocycles. The highest BCUT2D eigenvalue weighted by Gasteiger charge is 2.10. The van der Waals surface area contributed by atoms with Gasteiger partial charge in [-0.2, -0.15) is 0 Å². The molecular weight excluding hydrogens is 264 g/mol. The molecule has 0 saturated heterocycles. The van der Waals surface area contributed by atoms with Gasteiger partial charge in [-0.05, 0) is 44.6 Å². The van der Waals surface area contributed by atoms with E-state index in [-0.39, 0.29) is 0 Å². The predicted octanol–water partition coefficient (Wildman–Crippen LogP) is 3.56. The SMILES string of the molecule is Cc1oc(CN(C)Cc2ccco2)cc1CNCC(C)C. The molecule has 0 bridgehead atoms. The van der Waals surface area contributed by atoms with Crippen LogP contribution in [0.25, 0.3) is 0 Å². The highest BCUT2D eigenvalue weighted by molar-refractivity contribution is 5.20. The summed E-state index contributed by atoms with van der Waals surface area (Å²) in [4.78, 5) is 2.18. The Morgan fingerprint density at radius 2 is 2.00 bits per heavy atom. The molecule has 2 aromatic heterocycles. The maximum atomic E-state index is 5.85. The van der Waals surface area contributed by atoms with Gasteiger partial charge in [0.15, 0.2) is 0 Å². The van der Waals surface area contributed by atoms with Crippen molar-refractivity contribution in [1.29, 1.82) is 0 Å². The predicted molar refractivity (Wildman–Crippen MR) is 83.9 cm³/mol. The van der Waals surface area contributed by atoms with E-state index in [1.54, 1.807) is 6.26 Å². The van der Waals surface area contributed by atoms with Gasteiger partial charge >= 0.3 is 0 Å². The Labute approximate surface area is 127 Å². The molecule has 1 N–H and O–H groups in total. The van der Waals surface area contributed by atoms with Crippen molar-refractivity contribution in [1.82, 2.24) is 10.2 Å². The van der Waals surface area contributed by atoms with Gasteiger partial charge in [0.1, 0.15) is 17.3 Å². The summed E-state index contributed by atoms with van der Waals surface area (Å²) in [6, 6.07) is 6.06. The highest BCUT2D eigenvalue weighted by atomic mass is 16.3. The van der Waals surface area contributed by atoms with Crippen molar-refractivity contribution in [3.05, 3.63) is 47.3 Å². The van der Waals surface area contributed by atoms with E-state index in [1.807, 2.05) is 19.1 Å². The molecule has 21 heavy (non-hydrogen) atoms. The Balaban J connectivity index is 1.86. The molecule has 4 nitrogen and oxygen atoms in total. The van der Waals surface area contributed by atoms with Crippen LogP contribution < -0.4 is 5.32 Å². The maximum absolute atomic E-state index is 5.85. The van der Waals surface area contributed by atoms with E-state index in [0.717, 1.165) is 43.5 Å². The molecule has 4 heteroatoms. The standard InChI is InChI=1S/C17H26N2O2/c1-13(2)9-18-10-15-8-17(21-14(15)3)12-19(4)11-16-6-5-7-20-16/h5-8,13,18H,9-12H2,1-4H3. The lowest BCUT2D eigenvalue weighted by molar-refractivity contribution is 0.262. The van der Waals surface area contributed by atoms with Crippen molar-refractivity contribution in [3.63, 3.8) is 0 Å². The summed E-state index contributed by atoms with van der Waals surface area (Å²) in [7, 11) is 2.07. The Kier molecular flexibility index (Phi) is 5.65. The zero-order valence-corrected chi connectivity index (χ0v) is 13.5. The van der Waals surface area contributed by atoms with Gasteiger partial charge in [0.05, 0.1) is 19.4 Å². The van der Waals surface area contributed by atoms with Crippen LogP contribution >= 0.6 is 0 Å². The van der Waals surface area contributed by atoms with Crippen LogP contribution in [0.2, 0.25) is 0 Å². The van der Waals surface area contributed by atoms with Gasteiger partial charge in [0, 0.05) is 12.1 Å². The number of furan rings is 2. The van der Waals surface area contributed by atoms with Crippen molar-refractivity contribution in [2.75, 3.05) is 13.6 Å². The summed E-state index contributed by atoms with van der Waals surface area (Å²) >= 11 is 0. The number of rotatable bonds is 8. The fourth-order valence-electron chi connectivity index (χ4n) is 2.33. The molecule has 2 aromatic rings. The molecule has 0 amide bonds. The van der Waals surface area contributed by atoms with Crippen molar-refractivity contribution in [2.45, 2.75) is 40.4 Å². The largest absolute Gasteiger partial charge is 0.468 e. The fraction of sp³-hybridized carbons (Fsp3) is 0.529. The molecule has 0 aromatic carbocycles. The molecule has 0 radical (unpaired) electrons. The normalized spacial score (nSPS) is 11.7. The van der Waals surface area contributed by atoms with E-state index in [1.165, 1.54) is 5.56 Å². The molecule has 2 rings (SSSR count). The third-order valence-corrected chi connectivity index (χ3v) is 3.37. The summed E-state index contributed by atoms with van der Waals surface area (Å²) in [6.45, 7) is 9.92. The van der Waals surface area contributed by atoms with Crippen molar-refractivity contribution in [3.8, 4) is 0 Å². The van der Waals surface area contributed by atoms with E-state index >= 15 is 0 Å². The topological polar surface area (TPSA) is 41.6 Å². The minimum Gasteiger partial charge on any atom is -0.468 e. The number of nitrogens with one attached hydrogen (secondary N) is 1. The van der Waals surface area contributed by atoms with E-state index in [0.29, 0.717) is 5.92 Å². The van der Waals surface area contributed by atoms with Crippen LogP contribution in [-0.2, 0) is 19.6 Å². The van der Waals surface area contributed by atoms with Crippen LogP contribution in [-0.4, -0.2) is 18.5 Å². The summed E-state index contributed by atoms with van der Waals surface area (Å²) in [5.41, 5.74) is 1.25. The van der Waals surface area contributed by atoms with Gasteiger partial charge in [0.25, 0.3) is 0 Å². The van der Waals surface area contributed by atoms with E-state index in [4.69, 9.17) is 8.83 Å². The van der Waals surface area contributed by atoms with Crippen molar-refractivity contribution in [2.24, 2.45) is 5.92 Å². The Morgan fingerprint density at radius 3 is 2.67 bits per heavy atom. The number of aryl methyl sites for hydroxylation is 1. The second-order valence-electron chi connectivity index (χ2n) is 6.07. The average Bonchev–Trinajstić information content (AvgIpc) is 3.00. The van der Waals surface area contributed by atoms with Gasteiger partial charge in [-0.1, -0.05) is 13.8 Å². The zero-order chi connectivity index (χ0) is 15.2.